The number of aryl methyl sites for hydroxylation is 2. The molecule has 0 atom stereocenters. The van der Waals surface area contributed by atoms with Gasteiger partial charge in [0.15, 0.2) is 0 Å². The molecule has 0 unspecified atom stereocenters. The molecule has 0 aliphatic rings. The van der Waals surface area contributed by atoms with Gasteiger partial charge in [0.2, 0.25) is 5.91 Å². The number of rotatable bonds is 3. The second kappa shape index (κ2) is 6.15. The summed E-state index contributed by atoms with van der Waals surface area (Å²) in [5.41, 5.74) is 3.69. The molecule has 0 saturated heterocycles. The van der Waals surface area contributed by atoms with Crippen molar-refractivity contribution in [1.82, 2.24) is 0 Å². The zero-order valence-electron chi connectivity index (χ0n) is 11.5. The number of hydrogen-bond donors (Lipinski definition) is 1. The fraction of sp³-hybridized carbons (Fsp3) is 0.118. The fourth-order valence-electron chi connectivity index (χ4n) is 1.79. The summed E-state index contributed by atoms with van der Waals surface area (Å²) >= 11 is 0. The Hall–Kier alpha value is -2.42. The van der Waals surface area contributed by atoms with E-state index in [0.29, 0.717) is 0 Å². The number of hydrogen-bond acceptors (Lipinski definition) is 1. The molecule has 2 rings (SSSR count). The maximum absolute atomic E-state index is 12.8. The summed E-state index contributed by atoms with van der Waals surface area (Å²) in [6.45, 7) is 3.92. The Balaban J connectivity index is 2.05. The van der Waals surface area contributed by atoms with Crippen LogP contribution in [-0.2, 0) is 4.79 Å². The minimum atomic E-state index is -0.290. The molecule has 0 heterocycles. The molecule has 0 aromatic heterocycles. The van der Waals surface area contributed by atoms with E-state index in [1.54, 1.807) is 18.2 Å². The van der Waals surface area contributed by atoms with Gasteiger partial charge in [-0.25, -0.2) is 4.39 Å². The smallest absolute Gasteiger partial charge is 0.248 e. The quantitative estimate of drug-likeness (QED) is 0.835. The monoisotopic (exact) mass is 269 g/mol. The first kappa shape index (κ1) is 14.0. The van der Waals surface area contributed by atoms with Crippen LogP contribution in [0.3, 0.4) is 0 Å². The number of amides is 1. The third-order valence-corrected chi connectivity index (χ3v) is 2.95. The Morgan fingerprint density at radius 3 is 2.50 bits per heavy atom. The van der Waals surface area contributed by atoms with Crippen LogP contribution in [0.4, 0.5) is 10.1 Å². The average molecular weight is 269 g/mol. The molecule has 0 aliphatic heterocycles. The van der Waals surface area contributed by atoms with E-state index in [1.165, 1.54) is 18.2 Å². The summed E-state index contributed by atoms with van der Waals surface area (Å²) in [4.78, 5) is 11.8. The zero-order chi connectivity index (χ0) is 14.5. The molecule has 0 fully saturated rings. The van der Waals surface area contributed by atoms with Gasteiger partial charge in [0.1, 0.15) is 5.82 Å². The molecule has 2 nitrogen and oxygen atoms in total. The van der Waals surface area contributed by atoms with Gasteiger partial charge in [-0.2, -0.15) is 0 Å². The first-order valence-electron chi connectivity index (χ1n) is 6.36. The molecule has 0 aliphatic carbocycles. The molecule has 2 aromatic carbocycles. The second-order valence-corrected chi connectivity index (χ2v) is 4.69. The lowest BCUT2D eigenvalue weighted by Gasteiger charge is -2.07. The van der Waals surface area contributed by atoms with Crippen LogP contribution in [0, 0.1) is 19.7 Å². The van der Waals surface area contributed by atoms with Crippen molar-refractivity contribution in [2.45, 2.75) is 13.8 Å². The van der Waals surface area contributed by atoms with E-state index in [9.17, 15) is 9.18 Å². The molecule has 102 valence electrons. The maximum atomic E-state index is 12.8. The lowest BCUT2D eigenvalue weighted by atomic mass is 10.1. The summed E-state index contributed by atoms with van der Waals surface area (Å²) in [7, 11) is 0. The Morgan fingerprint density at radius 2 is 1.80 bits per heavy atom. The molecule has 0 radical (unpaired) electrons. The van der Waals surface area contributed by atoms with Crippen molar-refractivity contribution in [2.24, 2.45) is 0 Å². The van der Waals surface area contributed by atoms with Crippen molar-refractivity contribution in [3.8, 4) is 0 Å². The minimum absolute atomic E-state index is 0.206. The highest BCUT2D eigenvalue weighted by Gasteiger charge is 2.01. The highest BCUT2D eigenvalue weighted by Crippen LogP contribution is 2.16. The molecule has 20 heavy (non-hydrogen) atoms. The first-order chi connectivity index (χ1) is 9.54. The van der Waals surface area contributed by atoms with E-state index >= 15 is 0 Å². The number of carbonyl (C=O) groups excluding carboxylic acids is 1. The van der Waals surface area contributed by atoms with E-state index in [1.807, 2.05) is 32.0 Å². The van der Waals surface area contributed by atoms with Crippen molar-refractivity contribution in [1.29, 1.82) is 0 Å². The molecule has 1 amide bonds. The Bertz CT molecular complexity index is 645. The topological polar surface area (TPSA) is 29.1 Å². The fourth-order valence-corrected chi connectivity index (χ4v) is 1.79. The van der Waals surface area contributed by atoms with Crippen LogP contribution in [0.5, 0.6) is 0 Å². The minimum Gasteiger partial charge on any atom is -0.322 e. The van der Waals surface area contributed by atoms with Gasteiger partial charge in [0.25, 0.3) is 0 Å². The standard InChI is InChI=1S/C17H16FNO/c1-12-3-4-13(2)16(11-12)19-17(20)10-7-14-5-8-15(18)9-6-14/h3-11H,1-2H3,(H,19,20). The molecule has 0 saturated carbocycles. The summed E-state index contributed by atoms with van der Waals surface area (Å²) in [6.07, 6.45) is 3.09. The molecule has 0 bridgehead atoms. The largest absolute Gasteiger partial charge is 0.322 e. The van der Waals surface area contributed by atoms with E-state index in [0.717, 1.165) is 22.4 Å². The van der Waals surface area contributed by atoms with Gasteiger partial charge >= 0.3 is 0 Å². The van der Waals surface area contributed by atoms with Gasteiger partial charge < -0.3 is 5.32 Å². The van der Waals surface area contributed by atoms with E-state index in [4.69, 9.17) is 0 Å². The van der Waals surface area contributed by atoms with Gasteiger partial charge in [0.05, 0.1) is 0 Å². The Labute approximate surface area is 118 Å². The van der Waals surface area contributed by atoms with Gasteiger partial charge in [-0.15, -0.1) is 0 Å². The van der Waals surface area contributed by atoms with E-state index in [2.05, 4.69) is 5.32 Å². The number of halogens is 1. The van der Waals surface area contributed by atoms with Gasteiger partial charge in [-0.3, -0.25) is 4.79 Å². The third kappa shape index (κ3) is 3.79. The van der Waals surface area contributed by atoms with Crippen LogP contribution in [0.15, 0.2) is 48.5 Å². The molecule has 1 N–H and O–H groups in total. The normalized spacial score (nSPS) is 10.8. The highest BCUT2D eigenvalue weighted by atomic mass is 19.1. The van der Waals surface area contributed by atoms with Gasteiger partial charge in [-0.1, -0.05) is 24.3 Å². The lowest BCUT2D eigenvalue weighted by Crippen LogP contribution is -2.09. The predicted molar refractivity (Wildman–Crippen MR) is 80.0 cm³/mol. The van der Waals surface area contributed by atoms with Crippen molar-refractivity contribution in [2.75, 3.05) is 5.32 Å². The first-order valence-corrected chi connectivity index (χ1v) is 6.36. The third-order valence-electron chi connectivity index (χ3n) is 2.95. The van der Waals surface area contributed by atoms with Crippen LogP contribution < -0.4 is 5.32 Å². The predicted octanol–water partition coefficient (Wildman–Crippen LogP) is 4.09. The summed E-state index contributed by atoms with van der Waals surface area (Å²) in [6, 6.07) is 11.9. The summed E-state index contributed by atoms with van der Waals surface area (Å²) in [5.74, 6) is -0.495. The zero-order valence-corrected chi connectivity index (χ0v) is 11.5. The SMILES string of the molecule is Cc1ccc(C)c(NC(=O)C=Cc2ccc(F)cc2)c1. The highest BCUT2D eigenvalue weighted by molar-refractivity contribution is 6.02. The van der Waals surface area contributed by atoms with Crippen molar-refractivity contribution in [3.05, 3.63) is 71.0 Å². The molecular formula is C17H16FNO. The molecule has 0 spiro atoms. The van der Waals surface area contributed by atoms with Gasteiger partial charge in [0, 0.05) is 11.8 Å². The van der Waals surface area contributed by atoms with Gasteiger partial charge in [-0.05, 0) is 54.8 Å². The number of nitrogens with one attached hydrogen (secondary N) is 1. The van der Waals surface area contributed by atoms with Crippen LogP contribution in [0.1, 0.15) is 16.7 Å². The number of benzene rings is 2. The van der Waals surface area contributed by atoms with Crippen molar-refractivity contribution >= 4 is 17.7 Å². The Kier molecular flexibility index (Phi) is 4.31. The van der Waals surface area contributed by atoms with Crippen LogP contribution in [0.25, 0.3) is 6.08 Å². The second-order valence-electron chi connectivity index (χ2n) is 4.69. The van der Waals surface area contributed by atoms with E-state index in [-0.39, 0.29) is 11.7 Å². The number of carbonyl (C=O) groups is 1. The molecule has 2 aromatic rings. The average Bonchev–Trinajstić information content (AvgIpc) is 2.42. The molecular weight excluding hydrogens is 253 g/mol. The molecule has 3 heteroatoms. The summed E-state index contributed by atoms with van der Waals surface area (Å²) in [5, 5.41) is 2.83. The Morgan fingerprint density at radius 1 is 1.10 bits per heavy atom. The van der Waals surface area contributed by atoms with Crippen molar-refractivity contribution in [3.63, 3.8) is 0 Å². The number of anilines is 1. The summed E-state index contributed by atoms with van der Waals surface area (Å²) < 4.78 is 12.8. The van der Waals surface area contributed by atoms with Crippen LogP contribution in [0.2, 0.25) is 0 Å². The van der Waals surface area contributed by atoms with Crippen LogP contribution in [-0.4, -0.2) is 5.91 Å². The van der Waals surface area contributed by atoms with E-state index < -0.39 is 0 Å². The maximum Gasteiger partial charge on any atom is 0.248 e. The van der Waals surface area contributed by atoms with Crippen LogP contribution >= 0.6 is 0 Å². The lowest BCUT2D eigenvalue weighted by molar-refractivity contribution is -0.111. The van der Waals surface area contributed by atoms with Crippen molar-refractivity contribution < 1.29 is 9.18 Å².